The molecule has 1 aliphatic heterocycles. The summed E-state index contributed by atoms with van der Waals surface area (Å²) in [5.41, 5.74) is 2.93. The van der Waals surface area contributed by atoms with Crippen LogP contribution >= 0.6 is 15.9 Å². The van der Waals surface area contributed by atoms with Gasteiger partial charge in [0.25, 0.3) is 0 Å². The van der Waals surface area contributed by atoms with Gasteiger partial charge in [-0.2, -0.15) is 0 Å². The third kappa shape index (κ3) is 4.80. The number of ether oxygens (including phenoxy) is 1. The van der Waals surface area contributed by atoms with Crippen LogP contribution in [0.15, 0.2) is 24.3 Å². The molecule has 1 saturated heterocycles. The van der Waals surface area contributed by atoms with Crippen LogP contribution in [0, 0.1) is 0 Å². The van der Waals surface area contributed by atoms with Gasteiger partial charge in [0, 0.05) is 25.0 Å². The SMILES string of the molecule is CC1(C)CN(Cc2ccc(C(C)(C)C)cc2)CC(CBr)O1. The Kier molecular flexibility index (Phi) is 5.17. The lowest BCUT2D eigenvalue weighted by molar-refractivity contribution is -0.128. The minimum Gasteiger partial charge on any atom is -0.369 e. The van der Waals surface area contributed by atoms with Crippen molar-refractivity contribution in [3.63, 3.8) is 0 Å². The number of morpholine rings is 1. The van der Waals surface area contributed by atoms with E-state index in [0.29, 0.717) is 0 Å². The summed E-state index contributed by atoms with van der Waals surface area (Å²) in [6.07, 6.45) is 0.280. The Morgan fingerprint density at radius 1 is 1.24 bits per heavy atom. The highest BCUT2D eigenvalue weighted by atomic mass is 79.9. The van der Waals surface area contributed by atoms with E-state index in [1.807, 2.05) is 0 Å². The highest BCUT2D eigenvalue weighted by molar-refractivity contribution is 9.09. The third-order valence-corrected chi connectivity index (χ3v) is 4.67. The van der Waals surface area contributed by atoms with Gasteiger partial charge >= 0.3 is 0 Å². The zero-order valence-electron chi connectivity index (χ0n) is 13.9. The van der Waals surface area contributed by atoms with Crippen LogP contribution in [0.5, 0.6) is 0 Å². The Balaban J connectivity index is 2.04. The highest BCUT2D eigenvalue weighted by Crippen LogP contribution is 2.25. The van der Waals surface area contributed by atoms with E-state index in [1.54, 1.807) is 0 Å². The quantitative estimate of drug-likeness (QED) is 0.748. The van der Waals surface area contributed by atoms with Gasteiger partial charge in [-0.3, -0.25) is 4.90 Å². The van der Waals surface area contributed by atoms with E-state index in [0.717, 1.165) is 25.0 Å². The molecule has 1 aliphatic rings. The third-order valence-electron chi connectivity index (χ3n) is 3.95. The second kappa shape index (κ2) is 6.39. The Morgan fingerprint density at radius 3 is 2.38 bits per heavy atom. The standard InChI is InChI=1S/C18H28BrNO/c1-17(2,3)15-8-6-14(7-9-15)11-20-12-16(10-19)21-18(4,5)13-20/h6-9,16H,10-13H2,1-5H3. The molecule has 0 aromatic heterocycles. The lowest BCUT2D eigenvalue weighted by Crippen LogP contribution is -2.52. The summed E-state index contributed by atoms with van der Waals surface area (Å²) in [6.45, 7) is 14.1. The lowest BCUT2D eigenvalue weighted by Gasteiger charge is -2.42. The molecule has 0 N–H and O–H groups in total. The fraction of sp³-hybridized carbons (Fsp3) is 0.667. The number of hydrogen-bond donors (Lipinski definition) is 0. The molecule has 1 aromatic carbocycles. The summed E-state index contributed by atoms with van der Waals surface area (Å²) >= 11 is 3.56. The van der Waals surface area contributed by atoms with Gasteiger partial charge in [-0.1, -0.05) is 61.0 Å². The van der Waals surface area contributed by atoms with Gasteiger partial charge in [0.15, 0.2) is 0 Å². The first-order chi connectivity index (χ1) is 9.69. The number of nitrogens with zero attached hydrogens (tertiary/aromatic N) is 1. The first-order valence-corrected chi connectivity index (χ1v) is 8.87. The van der Waals surface area contributed by atoms with Crippen molar-refractivity contribution in [3.8, 4) is 0 Å². The summed E-state index contributed by atoms with van der Waals surface area (Å²) in [7, 11) is 0. The molecule has 0 spiro atoms. The molecule has 2 nitrogen and oxygen atoms in total. The monoisotopic (exact) mass is 353 g/mol. The van der Waals surface area contributed by atoms with Crippen LogP contribution in [0.2, 0.25) is 0 Å². The largest absolute Gasteiger partial charge is 0.369 e. The molecule has 3 heteroatoms. The molecule has 118 valence electrons. The summed E-state index contributed by atoms with van der Waals surface area (Å²) in [5, 5.41) is 0.899. The second-order valence-electron chi connectivity index (χ2n) is 7.77. The van der Waals surface area contributed by atoms with Crippen molar-refractivity contribution in [3.05, 3.63) is 35.4 Å². The van der Waals surface area contributed by atoms with Gasteiger partial charge < -0.3 is 4.74 Å². The van der Waals surface area contributed by atoms with Crippen LogP contribution < -0.4 is 0 Å². The Labute approximate surface area is 138 Å². The average Bonchev–Trinajstić information content (AvgIpc) is 2.36. The van der Waals surface area contributed by atoms with Crippen molar-refractivity contribution in [1.29, 1.82) is 0 Å². The van der Waals surface area contributed by atoms with Gasteiger partial charge in [-0.25, -0.2) is 0 Å². The number of halogens is 1. The molecule has 0 aliphatic carbocycles. The first kappa shape index (κ1) is 17.0. The van der Waals surface area contributed by atoms with Gasteiger partial charge in [-0.05, 0) is 30.4 Å². The molecule has 1 heterocycles. The van der Waals surface area contributed by atoms with E-state index in [1.165, 1.54) is 11.1 Å². The number of rotatable bonds is 3. The van der Waals surface area contributed by atoms with Gasteiger partial charge in [0.05, 0.1) is 11.7 Å². The predicted molar refractivity (Wildman–Crippen MR) is 93.2 cm³/mol. The van der Waals surface area contributed by atoms with E-state index in [4.69, 9.17) is 4.74 Å². The van der Waals surface area contributed by atoms with Crippen LogP contribution in [0.25, 0.3) is 0 Å². The van der Waals surface area contributed by atoms with Crippen LogP contribution in [-0.2, 0) is 16.7 Å². The van der Waals surface area contributed by atoms with Crippen molar-refractivity contribution >= 4 is 15.9 Å². The topological polar surface area (TPSA) is 12.5 Å². The number of benzene rings is 1. The number of alkyl halides is 1. The van der Waals surface area contributed by atoms with Crippen molar-refractivity contribution in [2.75, 3.05) is 18.4 Å². The summed E-state index contributed by atoms with van der Waals surface area (Å²) in [5.74, 6) is 0. The van der Waals surface area contributed by atoms with E-state index >= 15 is 0 Å². The van der Waals surface area contributed by atoms with Crippen LogP contribution in [0.4, 0.5) is 0 Å². The molecule has 0 radical (unpaired) electrons. The van der Waals surface area contributed by atoms with Crippen LogP contribution in [0.3, 0.4) is 0 Å². The van der Waals surface area contributed by atoms with Gasteiger partial charge in [0.1, 0.15) is 0 Å². The maximum atomic E-state index is 6.07. The normalized spacial score (nSPS) is 23.2. The Hall–Kier alpha value is -0.380. The molecular formula is C18H28BrNO. The molecule has 0 saturated carbocycles. The van der Waals surface area contributed by atoms with Crippen molar-refractivity contribution in [2.24, 2.45) is 0 Å². The molecule has 1 aromatic rings. The number of hydrogen-bond acceptors (Lipinski definition) is 2. The Morgan fingerprint density at radius 2 is 1.86 bits per heavy atom. The maximum absolute atomic E-state index is 6.07. The molecule has 1 fully saturated rings. The molecular weight excluding hydrogens is 326 g/mol. The summed E-state index contributed by atoms with van der Waals surface area (Å²) < 4.78 is 6.07. The van der Waals surface area contributed by atoms with Crippen molar-refractivity contribution < 1.29 is 4.74 Å². The van der Waals surface area contributed by atoms with E-state index in [-0.39, 0.29) is 17.1 Å². The van der Waals surface area contributed by atoms with Gasteiger partial charge in [0.2, 0.25) is 0 Å². The average molecular weight is 354 g/mol. The molecule has 21 heavy (non-hydrogen) atoms. The molecule has 0 bridgehead atoms. The summed E-state index contributed by atoms with van der Waals surface area (Å²) in [4.78, 5) is 2.50. The zero-order valence-corrected chi connectivity index (χ0v) is 15.5. The van der Waals surface area contributed by atoms with E-state index in [2.05, 4.69) is 79.7 Å². The van der Waals surface area contributed by atoms with Crippen molar-refractivity contribution in [2.45, 2.75) is 58.3 Å². The lowest BCUT2D eigenvalue weighted by atomic mass is 9.86. The molecule has 1 atom stereocenters. The fourth-order valence-corrected chi connectivity index (χ4v) is 3.32. The minimum absolute atomic E-state index is 0.0674. The van der Waals surface area contributed by atoms with Crippen LogP contribution in [-0.4, -0.2) is 35.0 Å². The smallest absolute Gasteiger partial charge is 0.0806 e. The molecule has 0 amide bonds. The van der Waals surface area contributed by atoms with E-state index < -0.39 is 0 Å². The fourth-order valence-electron chi connectivity index (χ4n) is 2.99. The first-order valence-electron chi connectivity index (χ1n) is 7.75. The van der Waals surface area contributed by atoms with Crippen LogP contribution in [0.1, 0.15) is 45.7 Å². The van der Waals surface area contributed by atoms with Gasteiger partial charge in [-0.15, -0.1) is 0 Å². The Bertz CT molecular complexity index is 461. The van der Waals surface area contributed by atoms with Crippen molar-refractivity contribution in [1.82, 2.24) is 4.90 Å². The highest BCUT2D eigenvalue weighted by Gasteiger charge is 2.32. The minimum atomic E-state index is -0.0674. The molecule has 2 rings (SSSR count). The second-order valence-corrected chi connectivity index (χ2v) is 8.42. The summed E-state index contributed by atoms with van der Waals surface area (Å²) in [6, 6.07) is 9.07. The maximum Gasteiger partial charge on any atom is 0.0806 e. The molecule has 1 unspecified atom stereocenters. The predicted octanol–water partition coefficient (Wildman–Crippen LogP) is 4.36. The zero-order chi connectivity index (χ0) is 15.7. The van der Waals surface area contributed by atoms with E-state index in [9.17, 15) is 0 Å².